The third-order valence-electron chi connectivity index (χ3n) is 3.48. The van der Waals surface area contributed by atoms with Crippen LogP contribution in [-0.2, 0) is 6.42 Å². The fraction of sp³-hybridized carbons (Fsp3) is 0.250. The van der Waals surface area contributed by atoms with Crippen LogP contribution in [0.25, 0.3) is 0 Å². The Balaban J connectivity index is 1.70. The molecule has 3 rings (SSSR count). The summed E-state index contributed by atoms with van der Waals surface area (Å²) in [6.45, 7) is 0.414. The summed E-state index contributed by atoms with van der Waals surface area (Å²) in [4.78, 5) is 0. The van der Waals surface area contributed by atoms with Crippen molar-refractivity contribution in [3.63, 3.8) is 0 Å². The number of fused-ring (bicyclic) bond motifs is 1. The molecule has 0 radical (unpaired) electrons. The molecule has 2 atom stereocenters. The number of nitrogens with two attached hydrogens (primary N) is 1. The van der Waals surface area contributed by atoms with Crippen molar-refractivity contribution in [1.29, 1.82) is 0 Å². The lowest BCUT2D eigenvalue weighted by atomic mass is 10.0. The Kier molecular flexibility index (Phi) is 4.12. The van der Waals surface area contributed by atoms with Gasteiger partial charge in [-0.25, -0.2) is 4.39 Å². The largest absolute Gasteiger partial charge is 0.486 e. The van der Waals surface area contributed by atoms with E-state index in [0.29, 0.717) is 18.8 Å². The number of benzene rings is 2. The van der Waals surface area contributed by atoms with Gasteiger partial charge in [-0.3, -0.25) is 0 Å². The van der Waals surface area contributed by atoms with Gasteiger partial charge in [0.15, 0.2) is 11.5 Å². The molecule has 2 aromatic rings. The molecule has 2 unspecified atom stereocenters. The second-order valence-corrected chi connectivity index (χ2v) is 5.87. The minimum Gasteiger partial charge on any atom is -0.486 e. The highest BCUT2D eigenvalue weighted by Gasteiger charge is 2.26. The van der Waals surface area contributed by atoms with Crippen LogP contribution in [0.15, 0.2) is 46.9 Å². The number of ether oxygens (including phenoxy) is 2. The van der Waals surface area contributed by atoms with Gasteiger partial charge in [0, 0.05) is 10.5 Å². The van der Waals surface area contributed by atoms with Crippen LogP contribution in [0.2, 0.25) is 0 Å². The number of hydrogen-bond donors (Lipinski definition) is 1. The Hall–Kier alpha value is -1.59. The Morgan fingerprint density at radius 2 is 2.00 bits per heavy atom. The molecule has 0 amide bonds. The predicted molar refractivity (Wildman–Crippen MR) is 82.1 cm³/mol. The van der Waals surface area contributed by atoms with Gasteiger partial charge in [-0.15, -0.1) is 0 Å². The van der Waals surface area contributed by atoms with E-state index in [0.717, 1.165) is 15.8 Å². The Morgan fingerprint density at radius 3 is 2.76 bits per heavy atom. The van der Waals surface area contributed by atoms with Crippen molar-refractivity contribution in [2.24, 2.45) is 5.73 Å². The third-order valence-corrected chi connectivity index (χ3v) is 4.22. The fourth-order valence-electron chi connectivity index (χ4n) is 2.32. The summed E-state index contributed by atoms with van der Waals surface area (Å²) < 4.78 is 25.4. The van der Waals surface area contributed by atoms with Crippen molar-refractivity contribution in [3.8, 4) is 11.5 Å². The molecule has 1 heterocycles. The minimum atomic E-state index is -0.273. The zero-order chi connectivity index (χ0) is 14.8. The van der Waals surface area contributed by atoms with E-state index in [1.54, 1.807) is 6.07 Å². The van der Waals surface area contributed by atoms with E-state index in [1.807, 2.05) is 24.3 Å². The predicted octanol–water partition coefficient (Wildman–Crippen LogP) is 3.30. The number of halogens is 2. The maximum Gasteiger partial charge on any atom is 0.161 e. The maximum absolute atomic E-state index is 13.1. The van der Waals surface area contributed by atoms with Gasteiger partial charge in [-0.2, -0.15) is 0 Å². The quantitative estimate of drug-likeness (QED) is 0.922. The van der Waals surface area contributed by atoms with Crippen LogP contribution >= 0.6 is 15.9 Å². The second-order valence-electron chi connectivity index (χ2n) is 5.02. The molecule has 3 nitrogen and oxygen atoms in total. The second kappa shape index (κ2) is 6.03. The first-order chi connectivity index (χ1) is 10.1. The van der Waals surface area contributed by atoms with Crippen LogP contribution in [0.1, 0.15) is 5.56 Å². The molecule has 0 spiro atoms. The van der Waals surface area contributed by atoms with E-state index in [2.05, 4.69) is 15.9 Å². The summed E-state index contributed by atoms with van der Waals surface area (Å²) in [7, 11) is 0. The topological polar surface area (TPSA) is 44.5 Å². The monoisotopic (exact) mass is 351 g/mol. The molecular weight excluding hydrogens is 337 g/mol. The summed E-state index contributed by atoms with van der Waals surface area (Å²) in [5, 5.41) is 0. The van der Waals surface area contributed by atoms with Crippen LogP contribution in [0.3, 0.4) is 0 Å². The average molecular weight is 352 g/mol. The van der Waals surface area contributed by atoms with E-state index in [4.69, 9.17) is 15.2 Å². The van der Waals surface area contributed by atoms with E-state index in [9.17, 15) is 4.39 Å². The minimum absolute atomic E-state index is 0.225. The SMILES string of the molecule is NC(Cc1ccc(F)cc1Br)C1COc2ccccc2O1. The highest BCUT2D eigenvalue weighted by molar-refractivity contribution is 9.10. The van der Waals surface area contributed by atoms with Crippen LogP contribution in [0.4, 0.5) is 4.39 Å². The smallest absolute Gasteiger partial charge is 0.161 e. The summed E-state index contributed by atoms with van der Waals surface area (Å²) >= 11 is 3.36. The van der Waals surface area contributed by atoms with E-state index >= 15 is 0 Å². The first-order valence-electron chi connectivity index (χ1n) is 6.71. The van der Waals surface area contributed by atoms with Gasteiger partial charge in [0.1, 0.15) is 18.5 Å². The first kappa shape index (κ1) is 14.4. The molecule has 1 aliphatic heterocycles. The molecule has 0 aliphatic carbocycles. The molecule has 110 valence electrons. The Labute approximate surface area is 131 Å². The van der Waals surface area contributed by atoms with E-state index in [-0.39, 0.29) is 18.0 Å². The van der Waals surface area contributed by atoms with Crippen molar-refractivity contribution in [1.82, 2.24) is 0 Å². The highest BCUT2D eigenvalue weighted by atomic mass is 79.9. The third kappa shape index (κ3) is 3.19. The molecule has 21 heavy (non-hydrogen) atoms. The lowest BCUT2D eigenvalue weighted by Crippen LogP contribution is -2.46. The molecule has 0 saturated heterocycles. The summed E-state index contributed by atoms with van der Waals surface area (Å²) in [5.74, 6) is 1.18. The van der Waals surface area contributed by atoms with Crippen molar-refractivity contribution in [2.75, 3.05) is 6.61 Å². The van der Waals surface area contributed by atoms with Crippen molar-refractivity contribution >= 4 is 15.9 Å². The van der Waals surface area contributed by atoms with Crippen molar-refractivity contribution in [3.05, 3.63) is 58.3 Å². The van der Waals surface area contributed by atoms with E-state index in [1.165, 1.54) is 12.1 Å². The zero-order valence-electron chi connectivity index (χ0n) is 11.3. The fourth-order valence-corrected chi connectivity index (χ4v) is 2.83. The first-order valence-corrected chi connectivity index (χ1v) is 7.51. The van der Waals surface area contributed by atoms with Crippen LogP contribution in [0.5, 0.6) is 11.5 Å². The summed E-state index contributed by atoms with van der Waals surface area (Å²) in [6, 6.07) is 11.9. The molecule has 1 aliphatic rings. The zero-order valence-corrected chi connectivity index (χ0v) is 12.8. The standard InChI is InChI=1S/C16H15BrFNO2/c17-12-8-11(18)6-5-10(12)7-13(19)16-9-20-14-3-1-2-4-15(14)21-16/h1-6,8,13,16H,7,9,19H2. The lowest BCUT2D eigenvalue weighted by Gasteiger charge is -2.30. The van der Waals surface area contributed by atoms with Crippen molar-refractivity contribution < 1.29 is 13.9 Å². The van der Waals surface area contributed by atoms with Crippen LogP contribution in [-0.4, -0.2) is 18.8 Å². The molecule has 0 bridgehead atoms. The highest BCUT2D eigenvalue weighted by Crippen LogP contribution is 2.32. The van der Waals surface area contributed by atoms with Crippen LogP contribution in [0, 0.1) is 5.82 Å². The molecule has 2 aromatic carbocycles. The molecule has 5 heteroatoms. The van der Waals surface area contributed by atoms with Crippen LogP contribution < -0.4 is 15.2 Å². The summed E-state index contributed by atoms with van der Waals surface area (Å²) in [5.41, 5.74) is 7.18. The Morgan fingerprint density at radius 1 is 1.24 bits per heavy atom. The molecule has 0 fully saturated rings. The van der Waals surface area contributed by atoms with Gasteiger partial charge >= 0.3 is 0 Å². The van der Waals surface area contributed by atoms with Gasteiger partial charge in [-0.05, 0) is 36.2 Å². The van der Waals surface area contributed by atoms with Crippen molar-refractivity contribution in [2.45, 2.75) is 18.6 Å². The number of hydrogen-bond acceptors (Lipinski definition) is 3. The molecule has 0 saturated carbocycles. The Bertz CT molecular complexity index is 650. The van der Waals surface area contributed by atoms with Gasteiger partial charge in [0.25, 0.3) is 0 Å². The average Bonchev–Trinajstić information content (AvgIpc) is 2.49. The number of rotatable bonds is 3. The van der Waals surface area contributed by atoms with Gasteiger partial charge < -0.3 is 15.2 Å². The summed E-state index contributed by atoms with van der Waals surface area (Å²) in [6.07, 6.45) is 0.355. The van der Waals surface area contributed by atoms with Gasteiger partial charge in [0.2, 0.25) is 0 Å². The molecule has 0 aromatic heterocycles. The van der Waals surface area contributed by atoms with Gasteiger partial charge in [0.05, 0.1) is 0 Å². The van der Waals surface area contributed by atoms with Gasteiger partial charge in [-0.1, -0.05) is 34.1 Å². The lowest BCUT2D eigenvalue weighted by molar-refractivity contribution is 0.0722. The number of para-hydroxylation sites is 2. The maximum atomic E-state index is 13.1. The molecular formula is C16H15BrFNO2. The molecule has 2 N–H and O–H groups in total. The van der Waals surface area contributed by atoms with E-state index < -0.39 is 0 Å². The normalized spacial score (nSPS) is 18.3.